The number of carboxylic acid groups (broad SMARTS) is 1. The van der Waals surface area contributed by atoms with Crippen molar-refractivity contribution < 1.29 is 19.4 Å². The summed E-state index contributed by atoms with van der Waals surface area (Å²) in [6.07, 6.45) is 3.86. The second-order valence-electron chi connectivity index (χ2n) is 4.96. The van der Waals surface area contributed by atoms with Crippen LogP contribution in [0.5, 0.6) is 0 Å². The van der Waals surface area contributed by atoms with Crippen LogP contribution in [-0.2, 0) is 9.53 Å². The van der Waals surface area contributed by atoms with Crippen LogP contribution >= 0.6 is 0 Å². The summed E-state index contributed by atoms with van der Waals surface area (Å²) in [6, 6.07) is -0.302. The Hall–Kier alpha value is -1.30. The number of unbranched alkanes of at least 4 members (excludes halogenated alkanes) is 2. The first-order chi connectivity index (χ1) is 9.52. The fraction of sp³-hybridized carbons (Fsp3) is 0.857. The maximum Gasteiger partial charge on any atom is 0.314 e. The zero-order chi connectivity index (χ0) is 15.4. The molecule has 118 valence electrons. The molecule has 0 aliphatic heterocycles. The maximum atomic E-state index is 11.6. The number of hydrogen-bond donors (Lipinski definition) is 3. The van der Waals surface area contributed by atoms with Crippen molar-refractivity contribution in [2.45, 2.75) is 46.0 Å². The van der Waals surface area contributed by atoms with Gasteiger partial charge in [-0.25, -0.2) is 4.79 Å². The number of carboxylic acids is 1. The highest BCUT2D eigenvalue weighted by Gasteiger charge is 2.35. The van der Waals surface area contributed by atoms with E-state index in [1.165, 1.54) is 0 Å². The summed E-state index contributed by atoms with van der Waals surface area (Å²) in [5, 5.41) is 14.6. The predicted octanol–water partition coefficient (Wildman–Crippen LogP) is 1.99. The molecule has 0 fully saturated rings. The minimum atomic E-state index is -0.865. The molecule has 6 heteroatoms. The van der Waals surface area contributed by atoms with E-state index in [9.17, 15) is 14.7 Å². The Morgan fingerprint density at radius 2 is 1.75 bits per heavy atom. The average molecular weight is 288 g/mol. The summed E-state index contributed by atoms with van der Waals surface area (Å²) in [5.41, 5.74) is -0.865. The van der Waals surface area contributed by atoms with Crippen LogP contribution in [0.1, 0.15) is 46.0 Å². The van der Waals surface area contributed by atoms with Gasteiger partial charge < -0.3 is 20.5 Å². The number of hydrogen-bond acceptors (Lipinski definition) is 3. The highest BCUT2D eigenvalue weighted by Crippen LogP contribution is 2.25. The van der Waals surface area contributed by atoms with Gasteiger partial charge >= 0.3 is 12.0 Å². The largest absolute Gasteiger partial charge is 0.481 e. The van der Waals surface area contributed by atoms with E-state index in [2.05, 4.69) is 10.6 Å². The highest BCUT2D eigenvalue weighted by molar-refractivity contribution is 5.78. The summed E-state index contributed by atoms with van der Waals surface area (Å²) in [7, 11) is 1.67. The van der Waals surface area contributed by atoms with Gasteiger partial charge in [0.1, 0.15) is 0 Å². The summed E-state index contributed by atoms with van der Waals surface area (Å²) in [4.78, 5) is 22.9. The van der Waals surface area contributed by atoms with E-state index < -0.39 is 11.4 Å². The SMILES string of the molecule is CCC(CC)(CNC(=O)NCCCCCOC)C(=O)O. The Morgan fingerprint density at radius 1 is 1.10 bits per heavy atom. The Kier molecular flexibility index (Phi) is 9.80. The first kappa shape index (κ1) is 18.7. The van der Waals surface area contributed by atoms with Crippen LogP contribution in [0.15, 0.2) is 0 Å². The standard InChI is InChI=1S/C14H28N2O4/c1-4-14(5-2,12(17)18)11-16-13(19)15-9-7-6-8-10-20-3/h4-11H2,1-3H3,(H,17,18)(H2,15,16,19). The lowest BCUT2D eigenvalue weighted by Crippen LogP contribution is -2.46. The number of urea groups is 1. The van der Waals surface area contributed by atoms with Crippen LogP contribution < -0.4 is 10.6 Å². The highest BCUT2D eigenvalue weighted by atomic mass is 16.5. The predicted molar refractivity (Wildman–Crippen MR) is 77.8 cm³/mol. The zero-order valence-electron chi connectivity index (χ0n) is 12.8. The monoisotopic (exact) mass is 288 g/mol. The van der Waals surface area contributed by atoms with Gasteiger partial charge in [-0.05, 0) is 32.1 Å². The number of methoxy groups -OCH3 is 1. The fourth-order valence-electron chi connectivity index (χ4n) is 1.94. The number of ether oxygens (including phenoxy) is 1. The molecule has 2 amide bonds. The first-order valence-electron chi connectivity index (χ1n) is 7.26. The van der Waals surface area contributed by atoms with Crippen molar-refractivity contribution in [3.05, 3.63) is 0 Å². The van der Waals surface area contributed by atoms with Crippen LogP contribution in [0.2, 0.25) is 0 Å². The number of rotatable bonds is 11. The van der Waals surface area contributed by atoms with E-state index in [-0.39, 0.29) is 12.6 Å². The third-order valence-electron chi connectivity index (χ3n) is 3.71. The van der Waals surface area contributed by atoms with Gasteiger partial charge in [0.25, 0.3) is 0 Å². The molecule has 0 unspecified atom stereocenters. The van der Waals surface area contributed by atoms with Gasteiger partial charge in [0, 0.05) is 26.8 Å². The molecule has 6 nitrogen and oxygen atoms in total. The summed E-state index contributed by atoms with van der Waals surface area (Å²) in [5.74, 6) is -0.859. The van der Waals surface area contributed by atoms with Gasteiger partial charge in [-0.1, -0.05) is 13.8 Å². The van der Waals surface area contributed by atoms with Crippen molar-refractivity contribution >= 4 is 12.0 Å². The number of nitrogens with one attached hydrogen (secondary N) is 2. The van der Waals surface area contributed by atoms with Crippen molar-refractivity contribution in [3.63, 3.8) is 0 Å². The molecule has 0 aromatic carbocycles. The Morgan fingerprint density at radius 3 is 2.25 bits per heavy atom. The van der Waals surface area contributed by atoms with Crippen molar-refractivity contribution in [2.24, 2.45) is 5.41 Å². The van der Waals surface area contributed by atoms with Gasteiger partial charge in [0.15, 0.2) is 0 Å². The van der Waals surface area contributed by atoms with E-state index in [0.29, 0.717) is 19.4 Å². The van der Waals surface area contributed by atoms with Crippen LogP contribution in [-0.4, -0.2) is 43.9 Å². The average Bonchev–Trinajstić information content (AvgIpc) is 2.44. The van der Waals surface area contributed by atoms with Crippen molar-refractivity contribution in [1.82, 2.24) is 10.6 Å². The Labute approximate surface area is 121 Å². The van der Waals surface area contributed by atoms with E-state index in [0.717, 1.165) is 25.9 Å². The second-order valence-corrected chi connectivity index (χ2v) is 4.96. The molecule has 0 atom stereocenters. The van der Waals surface area contributed by atoms with Gasteiger partial charge in [-0.2, -0.15) is 0 Å². The maximum absolute atomic E-state index is 11.6. The van der Waals surface area contributed by atoms with Crippen molar-refractivity contribution in [3.8, 4) is 0 Å². The molecule has 0 aromatic heterocycles. The Bertz CT molecular complexity index is 291. The molecule has 0 aromatic rings. The van der Waals surface area contributed by atoms with Crippen LogP contribution in [0.4, 0.5) is 4.79 Å². The lowest BCUT2D eigenvalue weighted by Gasteiger charge is -2.26. The van der Waals surface area contributed by atoms with Crippen molar-refractivity contribution in [2.75, 3.05) is 26.8 Å². The Balaban J connectivity index is 3.89. The molecule has 3 N–H and O–H groups in total. The number of aliphatic carboxylic acids is 1. The van der Waals surface area contributed by atoms with Gasteiger partial charge in [-0.15, -0.1) is 0 Å². The molecule has 0 radical (unpaired) electrons. The molecule has 0 rings (SSSR count). The van der Waals surface area contributed by atoms with Crippen LogP contribution in [0.3, 0.4) is 0 Å². The molecule has 0 saturated heterocycles. The molecular formula is C14H28N2O4. The van der Waals surface area contributed by atoms with E-state index in [1.807, 2.05) is 13.8 Å². The smallest absolute Gasteiger partial charge is 0.314 e. The first-order valence-corrected chi connectivity index (χ1v) is 7.26. The van der Waals surface area contributed by atoms with Gasteiger partial charge in [0.2, 0.25) is 0 Å². The molecule has 0 saturated carbocycles. The number of carbonyl (C=O) groups is 2. The third-order valence-corrected chi connectivity index (χ3v) is 3.71. The topological polar surface area (TPSA) is 87.7 Å². The second kappa shape index (κ2) is 10.5. The molecule has 20 heavy (non-hydrogen) atoms. The lowest BCUT2D eigenvalue weighted by atomic mass is 9.82. The quantitative estimate of drug-likeness (QED) is 0.507. The third kappa shape index (κ3) is 6.75. The molecule has 0 aliphatic carbocycles. The molecular weight excluding hydrogens is 260 g/mol. The summed E-state index contributed by atoms with van der Waals surface area (Å²) >= 11 is 0. The van der Waals surface area contributed by atoms with E-state index in [4.69, 9.17) is 4.74 Å². The molecule has 0 heterocycles. The van der Waals surface area contributed by atoms with Crippen molar-refractivity contribution in [1.29, 1.82) is 0 Å². The summed E-state index contributed by atoms with van der Waals surface area (Å²) in [6.45, 7) is 5.14. The lowest BCUT2D eigenvalue weighted by molar-refractivity contribution is -0.149. The normalized spacial score (nSPS) is 11.2. The number of amides is 2. The molecule has 0 spiro atoms. The minimum absolute atomic E-state index is 0.158. The van der Waals surface area contributed by atoms with E-state index >= 15 is 0 Å². The zero-order valence-corrected chi connectivity index (χ0v) is 12.8. The van der Waals surface area contributed by atoms with Crippen LogP contribution in [0.25, 0.3) is 0 Å². The van der Waals surface area contributed by atoms with Gasteiger partial charge in [0.05, 0.1) is 5.41 Å². The fourth-order valence-corrected chi connectivity index (χ4v) is 1.94. The molecule has 0 aliphatic rings. The van der Waals surface area contributed by atoms with Crippen LogP contribution in [0, 0.1) is 5.41 Å². The molecule has 0 bridgehead atoms. The summed E-state index contributed by atoms with van der Waals surface area (Å²) < 4.78 is 4.94. The van der Waals surface area contributed by atoms with Gasteiger partial charge in [-0.3, -0.25) is 4.79 Å². The minimum Gasteiger partial charge on any atom is -0.481 e. The van der Waals surface area contributed by atoms with E-state index in [1.54, 1.807) is 7.11 Å². The number of carbonyl (C=O) groups excluding carboxylic acids is 1.